The highest BCUT2D eigenvalue weighted by molar-refractivity contribution is 4.93. The van der Waals surface area contributed by atoms with Gasteiger partial charge in [-0.25, -0.2) is 0 Å². The van der Waals surface area contributed by atoms with Crippen LogP contribution in [0.5, 0.6) is 0 Å². The molecular weight excluding hydrogens is 492 g/mol. The lowest BCUT2D eigenvalue weighted by Crippen LogP contribution is -2.60. The molecule has 242 valence electrons. The summed E-state index contributed by atoms with van der Waals surface area (Å²) in [6, 6.07) is 2.53. The molecule has 5 atom stereocenters. The highest BCUT2D eigenvalue weighted by atomic mass is 15.3. The lowest BCUT2D eigenvalue weighted by Gasteiger charge is -2.49. The summed E-state index contributed by atoms with van der Waals surface area (Å²) in [4.78, 5) is 15.5. The highest BCUT2D eigenvalue weighted by Crippen LogP contribution is 2.29. The Hall–Kier alpha value is -0.240. The summed E-state index contributed by atoms with van der Waals surface area (Å²) >= 11 is 0. The van der Waals surface area contributed by atoms with E-state index < -0.39 is 0 Å². The summed E-state index contributed by atoms with van der Waals surface area (Å²) in [5, 5.41) is 0. The van der Waals surface area contributed by atoms with Crippen LogP contribution in [0.4, 0.5) is 0 Å². The molecule has 0 aliphatic heterocycles. The molecule has 0 heterocycles. The summed E-state index contributed by atoms with van der Waals surface area (Å²) < 4.78 is 0. The van der Waals surface area contributed by atoms with Gasteiger partial charge in [0.25, 0.3) is 0 Å². The second-order valence-electron chi connectivity index (χ2n) is 16.2. The Morgan fingerprint density at radius 3 is 0.850 bits per heavy atom. The second-order valence-corrected chi connectivity index (χ2v) is 16.2. The van der Waals surface area contributed by atoms with Gasteiger partial charge in [-0.2, -0.15) is 0 Å². The molecule has 0 N–H and O–H groups in total. The van der Waals surface area contributed by atoms with Gasteiger partial charge in [-0.05, 0) is 85.5 Å². The van der Waals surface area contributed by atoms with Crippen molar-refractivity contribution in [2.75, 3.05) is 89.1 Å². The Morgan fingerprint density at radius 1 is 0.400 bits per heavy atom. The van der Waals surface area contributed by atoms with Crippen molar-refractivity contribution in [1.82, 2.24) is 29.4 Å². The Morgan fingerprint density at radius 2 is 0.650 bits per heavy atom. The molecule has 0 radical (unpaired) electrons. The number of hydrogen-bond acceptors (Lipinski definition) is 6. The van der Waals surface area contributed by atoms with Crippen LogP contribution < -0.4 is 0 Å². The fourth-order valence-electron chi connectivity index (χ4n) is 6.63. The molecule has 0 spiro atoms. The van der Waals surface area contributed by atoms with Crippen molar-refractivity contribution in [2.24, 2.45) is 29.1 Å². The Kier molecular flexibility index (Phi) is 17.7. The summed E-state index contributed by atoms with van der Waals surface area (Å²) in [6.07, 6.45) is 0. The van der Waals surface area contributed by atoms with Crippen molar-refractivity contribution >= 4 is 0 Å². The molecule has 0 aromatic rings. The number of hydrogen-bond donors (Lipinski definition) is 0. The van der Waals surface area contributed by atoms with E-state index in [1.165, 1.54) is 0 Å². The predicted octanol–water partition coefficient (Wildman–Crippen LogP) is 5.35. The van der Waals surface area contributed by atoms with Crippen LogP contribution in [0.15, 0.2) is 0 Å². The molecular formula is C34H76N6. The maximum Gasteiger partial charge on any atom is 0.0272 e. The van der Waals surface area contributed by atoms with Crippen molar-refractivity contribution in [3.8, 4) is 0 Å². The molecule has 0 amide bonds. The van der Waals surface area contributed by atoms with E-state index >= 15 is 0 Å². The third kappa shape index (κ3) is 13.4. The predicted molar refractivity (Wildman–Crippen MR) is 181 cm³/mol. The van der Waals surface area contributed by atoms with Crippen LogP contribution in [-0.4, -0.2) is 149 Å². The maximum absolute atomic E-state index is 2.89. The van der Waals surface area contributed by atoms with Gasteiger partial charge in [0.05, 0.1) is 0 Å². The van der Waals surface area contributed by atoms with E-state index in [4.69, 9.17) is 0 Å². The third-order valence-electron chi connectivity index (χ3n) is 9.34. The molecule has 40 heavy (non-hydrogen) atoms. The van der Waals surface area contributed by atoms with Gasteiger partial charge >= 0.3 is 0 Å². The second kappa shape index (κ2) is 17.8. The Labute approximate surface area is 253 Å². The maximum atomic E-state index is 2.89. The fraction of sp³-hybridized carbons (Fsp3) is 1.00. The molecule has 0 saturated heterocycles. The highest BCUT2D eigenvalue weighted by Gasteiger charge is 2.37. The van der Waals surface area contributed by atoms with Crippen LogP contribution in [0.3, 0.4) is 0 Å². The molecule has 0 aromatic carbocycles. The van der Waals surface area contributed by atoms with E-state index in [0.29, 0.717) is 53.9 Å². The topological polar surface area (TPSA) is 19.4 Å². The zero-order valence-electron chi connectivity index (χ0n) is 30.9. The third-order valence-corrected chi connectivity index (χ3v) is 9.34. The molecule has 6 nitrogen and oxygen atoms in total. The zero-order valence-corrected chi connectivity index (χ0v) is 30.9. The van der Waals surface area contributed by atoms with Crippen LogP contribution in [-0.2, 0) is 0 Å². The number of likely N-dealkylation sites (N-methyl/N-ethyl adjacent to an activating group) is 4. The molecule has 0 bridgehead atoms. The van der Waals surface area contributed by atoms with Gasteiger partial charge in [0, 0.05) is 62.9 Å². The minimum absolute atomic E-state index is 0.150. The van der Waals surface area contributed by atoms with Crippen molar-refractivity contribution in [1.29, 1.82) is 0 Å². The van der Waals surface area contributed by atoms with Crippen molar-refractivity contribution in [3.05, 3.63) is 0 Å². The Bertz CT molecular complexity index is 573. The standard InChI is InChI=1S/C34H76N6/c1-25(2)29(35(12)13)20-39(21-30(26(3)4)36(14)15)24-33(34(9,10)11)40(22-31(27(5)6)37(16)17)23-32(28(7)8)38(18)19/h25-33H,20-24H2,1-19H3. The van der Waals surface area contributed by atoms with E-state index in [-0.39, 0.29) is 5.41 Å². The van der Waals surface area contributed by atoms with Crippen LogP contribution in [0.1, 0.15) is 76.2 Å². The van der Waals surface area contributed by atoms with Gasteiger partial charge < -0.3 is 19.6 Å². The summed E-state index contributed by atoms with van der Waals surface area (Å²) in [5.41, 5.74) is 0.150. The van der Waals surface area contributed by atoms with Crippen LogP contribution in [0.2, 0.25) is 0 Å². The summed E-state index contributed by atoms with van der Waals surface area (Å²) in [7, 11) is 18.1. The van der Waals surface area contributed by atoms with E-state index in [1.54, 1.807) is 0 Å². The average Bonchev–Trinajstić information content (AvgIpc) is 2.76. The zero-order chi connectivity index (χ0) is 31.7. The minimum atomic E-state index is 0.150. The number of nitrogens with zero attached hydrogens (tertiary/aromatic N) is 6. The first kappa shape index (κ1) is 39.8. The molecule has 0 rings (SSSR count). The van der Waals surface area contributed by atoms with Crippen molar-refractivity contribution in [2.45, 2.75) is 106 Å². The van der Waals surface area contributed by atoms with Crippen molar-refractivity contribution in [3.63, 3.8) is 0 Å². The first-order valence-corrected chi connectivity index (χ1v) is 16.2. The van der Waals surface area contributed by atoms with Crippen LogP contribution in [0.25, 0.3) is 0 Å². The molecule has 0 aliphatic rings. The molecule has 0 saturated carbocycles. The SMILES string of the molecule is CC(C)C(CN(CC(C(C)C)N(C)C)CC(N(CC(C(C)C)N(C)C)CC(C(C)C)N(C)C)C(C)(C)C)N(C)C. The molecule has 0 fully saturated rings. The monoisotopic (exact) mass is 569 g/mol. The number of rotatable bonds is 19. The minimum Gasteiger partial charge on any atom is -0.305 e. The average molecular weight is 569 g/mol. The van der Waals surface area contributed by atoms with Crippen LogP contribution in [0, 0.1) is 29.1 Å². The van der Waals surface area contributed by atoms with E-state index in [2.05, 4.69) is 162 Å². The van der Waals surface area contributed by atoms with Crippen molar-refractivity contribution < 1.29 is 0 Å². The van der Waals surface area contributed by atoms with Gasteiger partial charge in [-0.15, -0.1) is 0 Å². The fourth-order valence-corrected chi connectivity index (χ4v) is 6.63. The lowest BCUT2D eigenvalue weighted by molar-refractivity contribution is 0.00337. The largest absolute Gasteiger partial charge is 0.305 e. The molecule has 6 heteroatoms. The quantitative estimate of drug-likeness (QED) is 0.208. The molecule has 5 unspecified atom stereocenters. The molecule has 0 aromatic heterocycles. The van der Waals surface area contributed by atoms with Gasteiger partial charge in [-0.3, -0.25) is 9.80 Å². The normalized spacial score (nSPS) is 17.6. The van der Waals surface area contributed by atoms with E-state index in [9.17, 15) is 0 Å². The van der Waals surface area contributed by atoms with Gasteiger partial charge in [0.1, 0.15) is 0 Å². The van der Waals surface area contributed by atoms with Gasteiger partial charge in [-0.1, -0.05) is 76.2 Å². The van der Waals surface area contributed by atoms with Gasteiger partial charge in [0.15, 0.2) is 0 Å². The smallest absolute Gasteiger partial charge is 0.0272 e. The van der Waals surface area contributed by atoms with Crippen LogP contribution >= 0.6 is 0 Å². The van der Waals surface area contributed by atoms with E-state index in [1.807, 2.05) is 0 Å². The lowest BCUT2D eigenvalue weighted by atomic mass is 9.83. The van der Waals surface area contributed by atoms with E-state index in [0.717, 1.165) is 32.7 Å². The Balaban J connectivity index is 6.80. The first-order chi connectivity index (χ1) is 18.1. The summed E-state index contributed by atoms with van der Waals surface area (Å²) in [5.74, 6) is 2.42. The first-order valence-electron chi connectivity index (χ1n) is 16.2. The summed E-state index contributed by atoms with van der Waals surface area (Å²) in [6.45, 7) is 32.0. The van der Waals surface area contributed by atoms with Gasteiger partial charge in [0.2, 0.25) is 0 Å². The molecule has 0 aliphatic carbocycles.